The Morgan fingerprint density at radius 3 is 2.50 bits per heavy atom. The van der Waals surface area contributed by atoms with E-state index in [1.807, 2.05) is 0 Å². The van der Waals surface area contributed by atoms with Crippen molar-refractivity contribution < 1.29 is 19.3 Å². The van der Waals surface area contributed by atoms with Gasteiger partial charge in [0, 0.05) is 28.6 Å². The monoisotopic (exact) mass is 408 g/mol. The van der Waals surface area contributed by atoms with Gasteiger partial charge < -0.3 is 19.3 Å². The molecule has 1 heterocycles. The van der Waals surface area contributed by atoms with E-state index in [1.165, 1.54) is 31.2 Å². The number of ether oxygens (including phenoxy) is 3. The molecule has 4 saturated carbocycles. The molecule has 0 unspecified atom stereocenters. The van der Waals surface area contributed by atoms with Gasteiger partial charge in [0.1, 0.15) is 5.75 Å². The standard InChI is InChI=1S/C26H32O4/c1-23-9-3-4-10-24(23)11-12-25(23,16-5-7-17(28-2)8-6-16)20-21(27)18-15-19(18)26(22(20)24)29-13-14-30-26/h5-8,11-12,18-22,27H,3-4,9-10,13-15H2,1-2H3/t18-,19+,20+,21+,22-,23-,24+,25+/m0/s1. The lowest BCUT2D eigenvalue weighted by atomic mass is 9.52. The van der Waals surface area contributed by atoms with E-state index < -0.39 is 5.79 Å². The summed E-state index contributed by atoms with van der Waals surface area (Å²) in [6.45, 7) is 3.89. The van der Waals surface area contributed by atoms with Crippen molar-refractivity contribution in [1.29, 1.82) is 0 Å². The largest absolute Gasteiger partial charge is 0.497 e. The van der Waals surface area contributed by atoms with Crippen molar-refractivity contribution in [3.05, 3.63) is 42.0 Å². The number of hydrogen-bond acceptors (Lipinski definition) is 4. The van der Waals surface area contributed by atoms with E-state index in [0.717, 1.165) is 12.2 Å². The highest BCUT2D eigenvalue weighted by Crippen LogP contribution is 2.84. The molecule has 6 aliphatic rings. The number of allylic oxidation sites excluding steroid dienone is 2. The van der Waals surface area contributed by atoms with Crippen LogP contribution in [0.1, 0.15) is 44.6 Å². The van der Waals surface area contributed by atoms with Gasteiger partial charge in [0.2, 0.25) is 0 Å². The summed E-state index contributed by atoms with van der Waals surface area (Å²) in [5.41, 5.74) is 1.25. The molecule has 5 fully saturated rings. The molecule has 7 rings (SSSR count). The van der Waals surface area contributed by atoms with Gasteiger partial charge in [-0.3, -0.25) is 0 Å². The Labute approximate surface area is 178 Å². The van der Waals surface area contributed by atoms with Crippen molar-refractivity contribution in [2.45, 2.75) is 56.3 Å². The van der Waals surface area contributed by atoms with E-state index in [2.05, 4.69) is 43.3 Å². The first-order valence-corrected chi connectivity index (χ1v) is 11.8. The molecule has 1 N–H and O–H groups in total. The van der Waals surface area contributed by atoms with Crippen molar-refractivity contribution in [1.82, 2.24) is 0 Å². The van der Waals surface area contributed by atoms with Crippen molar-refractivity contribution in [3.63, 3.8) is 0 Å². The Kier molecular flexibility index (Phi) is 3.35. The van der Waals surface area contributed by atoms with Crippen LogP contribution in [-0.2, 0) is 14.9 Å². The maximum Gasteiger partial charge on any atom is 0.175 e. The van der Waals surface area contributed by atoms with Crippen LogP contribution in [0.3, 0.4) is 0 Å². The first-order valence-electron chi connectivity index (χ1n) is 11.8. The molecule has 8 atom stereocenters. The van der Waals surface area contributed by atoms with Gasteiger partial charge in [0.15, 0.2) is 5.79 Å². The molecule has 1 aromatic carbocycles. The zero-order valence-electron chi connectivity index (χ0n) is 18.0. The fraction of sp³-hybridized carbons (Fsp3) is 0.692. The van der Waals surface area contributed by atoms with Gasteiger partial charge in [-0.25, -0.2) is 0 Å². The Morgan fingerprint density at radius 1 is 1.03 bits per heavy atom. The van der Waals surface area contributed by atoms with Crippen LogP contribution in [-0.4, -0.2) is 37.3 Å². The van der Waals surface area contributed by atoms with Crippen LogP contribution in [0.5, 0.6) is 5.75 Å². The zero-order valence-corrected chi connectivity index (χ0v) is 18.0. The number of benzene rings is 1. The molecule has 160 valence electrons. The Bertz CT molecular complexity index is 917. The predicted octanol–water partition coefficient (Wildman–Crippen LogP) is 4.07. The first-order chi connectivity index (χ1) is 14.5. The van der Waals surface area contributed by atoms with E-state index in [-0.39, 0.29) is 34.2 Å². The number of hydrogen-bond donors (Lipinski definition) is 1. The van der Waals surface area contributed by atoms with Crippen LogP contribution >= 0.6 is 0 Å². The summed E-state index contributed by atoms with van der Waals surface area (Å²) in [4.78, 5) is 0. The number of rotatable bonds is 2. The lowest BCUT2D eigenvalue weighted by molar-refractivity contribution is -0.268. The maximum atomic E-state index is 11.8. The molecule has 0 aromatic heterocycles. The maximum absolute atomic E-state index is 11.8. The van der Waals surface area contributed by atoms with E-state index in [1.54, 1.807) is 7.11 Å². The van der Waals surface area contributed by atoms with E-state index in [0.29, 0.717) is 25.0 Å². The van der Waals surface area contributed by atoms with Crippen LogP contribution in [0.15, 0.2) is 36.4 Å². The molecule has 4 nitrogen and oxygen atoms in total. The van der Waals surface area contributed by atoms with E-state index in [4.69, 9.17) is 14.2 Å². The highest BCUT2D eigenvalue weighted by atomic mass is 16.7. The molecule has 1 aromatic rings. The molecule has 0 radical (unpaired) electrons. The highest BCUT2D eigenvalue weighted by molar-refractivity contribution is 5.52. The van der Waals surface area contributed by atoms with Gasteiger partial charge in [-0.2, -0.15) is 0 Å². The van der Waals surface area contributed by atoms with Crippen molar-refractivity contribution in [2.75, 3.05) is 20.3 Å². The van der Waals surface area contributed by atoms with Crippen LogP contribution in [0, 0.1) is 34.5 Å². The van der Waals surface area contributed by atoms with Crippen molar-refractivity contribution in [3.8, 4) is 5.75 Å². The lowest BCUT2D eigenvalue weighted by Crippen LogP contribution is -2.59. The average Bonchev–Trinajstić information content (AvgIpc) is 3.30. The minimum absolute atomic E-state index is 0.0364. The first kappa shape index (κ1) is 18.2. The van der Waals surface area contributed by atoms with Crippen LogP contribution in [0.2, 0.25) is 0 Å². The minimum Gasteiger partial charge on any atom is -0.497 e. The van der Waals surface area contributed by atoms with Gasteiger partial charge in [-0.15, -0.1) is 0 Å². The summed E-state index contributed by atoms with van der Waals surface area (Å²) in [6.07, 6.45) is 10.7. The molecule has 1 spiro atoms. The SMILES string of the molecule is COc1ccc([C@@]23C=C[C@]4(CCCC[C@@]42C)[C@@H]2[C@H]3[C@H](O)[C@H]3C[C@H]3C23OCCO3)cc1. The number of aliphatic hydroxyl groups is 1. The van der Waals surface area contributed by atoms with Gasteiger partial charge in [0.05, 0.1) is 26.4 Å². The Balaban J connectivity index is 1.49. The smallest absolute Gasteiger partial charge is 0.175 e. The van der Waals surface area contributed by atoms with Gasteiger partial charge in [-0.05, 0) is 48.3 Å². The van der Waals surface area contributed by atoms with Crippen LogP contribution < -0.4 is 4.74 Å². The summed E-state index contributed by atoms with van der Waals surface area (Å²) in [6, 6.07) is 8.67. The molecule has 4 heteroatoms. The second-order valence-electron chi connectivity index (χ2n) is 10.9. The minimum atomic E-state index is -0.494. The van der Waals surface area contributed by atoms with Crippen molar-refractivity contribution in [2.24, 2.45) is 34.5 Å². The third-order valence-electron chi connectivity index (χ3n) is 10.4. The number of methoxy groups -OCH3 is 1. The summed E-state index contributed by atoms with van der Waals surface area (Å²) < 4.78 is 18.6. The number of fused-ring (bicyclic) bond motifs is 5. The van der Waals surface area contributed by atoms with Crippen LogP contribution in [0.4, 0.5) is 0 Å². The molecule has 0 amide bonds. The normalized spacial score (nSPS) is 51.5. The quantitative estimate of drug-likeness (QED) is 0.750. The summed E-state index contributed by atoms with van der Waals surface area (Å²) in [5.74, 6) is 1.43. The fourth-order valence-electron chi connectivity index (χ4n) is 9.33. The molecule has 2 bridgehead atoms. The topological polar surface area (TPSA) is 47.9 Å². The van der Waals surface area contributed by atoms with Gasteiger partial charge in [0.25, 0.3) is 0 Å². The molecular formula is C26H32O4. The second kappa shape index (κ2) is 5.51. The predicted molar refractivity (Wildman–Crippen MR) is 112 cm³/mol. The van der Waals surface area contributed by atoms with Gasteiger partial charge >= 0.3 is 0 Å². The third-order valence-corrected chi connectivity index (χ3v) is 10.4. The Hall–Kier alpha value is -1.36. The fourth-order valence-corrected chi connectivity index (χ4v) is 9.33. The molecule has 5 aliphatic carbocycles. The summed E-state index contributed by atoms with van der Waals surface area (Å²) >= 11 is 0. The van der Waals surface area contributed by atoms with Crippen LogP contribution in [0.25, 0.3) is 0 Å². The summed E-state index contributed by atoms with van der Waals surface area (Å²) in [5, 5.41) is 11.8. The molecule has 1 saturated heterocycles. The number of aliphatic hydroxyl groups excluding tert-OH is 1. The highest BCUT2D eigenvalue weighted by Gasteiger charge is 2.85. The Morgan fingerprint density at radius 2 is 1.77 bits per heavy atom. The third kappa shape index (κ3) is 1.70. The average molecular weight is 409 g/mol. The van der Waals surface area contributed by atoms with E-state index in [9.17, 15) is 5.11 Å². The molecule has 1 aliphatic heterocycles. The summed E-state index contributed by atoms with van der Waals surface area (Å²) in [7, 11) is 1.72. The lowest BCUT2D eigenvalue weighted by Gasteiger charge is -2.53. The van der Waals surface area contributed by atoms with Crippen molar-refractivity contribution >= 4 is 0 Å². The van der Waals surface area contributed by atoms with E-state index >= 15 is 0 Å². The zero-order chi connectivity index (χ0) is 20.4. The molecular weight excluding hydrogens is 376 g/mol. The molecule has 30 heavy (non-hydrogen) atoms. The van der Waals surface area contributed by atoms with Gasteiger partial charge in [-0.1, -0.05) is 44.1 Å². The second-order valence-corrected chi connectivity index (χ2v) is 10.9.